The van der Waals surface area contributed by atoms with Crippen LogP contribution in [0.4, 0.5) is 4.79 Å². The molecule has 0 aliphatic heterocycles. The number of urea groups is 1. The quantitative estimate of drug-likeness (QED) is 0.654. The Balaban J connectivity index is 2.29. The van der Waals surface area contributed by atoms with Crippen LogP contribution in [0.2, 0.25) is 0 Å². The monoisotopic (exact) mass is 353 g/mol. The van der Waals surface area contributed by atoms with Gasteiger partial charge in [-0.2, -0.15) is 0 Å². The molecule has 1 rings (SSSR count). The predicted molar refractivity (Wildman–Crippen MR) is 87.6 cm³/mol. The first-order valence-corrected chi connectivity index (χ1v) is 7.72. The third-order valence-corrected chi connectivity index (χ3v) is 2.76. The molecule has 1 unspecified atom stereocenters. The lowest BCUT2D eigenvalue weighted by Gasteiger charge is -2.21. The normalized spacial score (nSPS) is 12.0. The molecule has 138 valence electrons. The fraction of sp³-hybridized carbons (Fsp3) is 0.500. The van der Waals surface area contributed by atoms with Gasteiger partial charge in [-0.1, -0.05) is 0 Å². The summed E-state index contributed by atoms with van der Waals surface area (Å²) < 4.78 is 9.81. The topological polar surface area (TPSA) is 127 Å². The molecule has 25 heavy (non-hydrogen) atoms. The van der Waals surface area contributed by atoms with Crippen LogP contribution in [0, 0.1) is 0 Å². The Morgan fingerprint density at radius 2 is 1.92 bits per heavy atom. The number of esters is 1. The van der Waals surface area contributed by atoms with E-state index in [9.17, 15) is 19.2 Å². The second-order valence-electron chi connectivity index (χ2n) is 6.31. The molecule has 4 amide bonds. The molecule has 0 saturated heterocycles. The van der Waals surface area contributed by atoms with Crippen molar-refractivity contribution in [1.82, 2.24) is 16.0 Å². The van der Waals surface area contributed by atoms with Crippen LogP contribution in [-0.4, -0.2) is 42.0 Å². The Labute approximate surface area is 145 Å². The first-order chi connectivity index (χ1) is 11.6. The second kappa shape index (κ2) is 8.86. The number of carbonyl (C=O) groups excluding carboxylic acids is 4. The maximum Gasteiger partial charge on any atom is 0.321 e. The zero-order valence-corrected chi connectivity index (χ0v) is 14.7. The number of rotatable bonds is 6. The van der Waals surface area contributed by atoms with Crippen molar-refractivity contribution >= 4 is 23.8 Å². The molecular formula is C16H23N3O6. The lowest BCUT2D eigenvalue weighted by molar-refractivity contribution is -0.154. The Kier molecular flexibility index (Phi) is 7.16. The van der Waals surface area contributed by atoms with Crippen molar-refractivity contribution in [1.29, 1.82) is 0 Å². The van der Waals surface area contributed by atoms with Crippen molar-refractivity contribution in [2.45, 2.75) is 45.8 Å². The summed E-state index contributed by atoms with van der Waals surface area (Å²) in [6, 6.07) is 2.38. The molecule has 0 aromatic carbocycles. The van der Waals surface area contributed by atoms with Gasteiger partial charge in [-0.05, 0) is 39.8 Å². The van der Waals surface area contributed by atoms with Gasteiger partial charge >= 0.3 is 12.0 Å². The fourth-order valence-corrected chi connectivity index (χ4v) is 1.67. The lowest BCUT2D eigenvalue weighted by atomic mass is 10.1. The molecule has 0 aliphatic carbocycles. The van der Waals surface area contributed by atoms with Crippen molar-refractivity contribution in [2.24, 2.45) is 0 Å². The summed E-state index contributed by atoms with van der Waals surface area (Å²) in [5.74, 6) is -1.75. The van der Waals surface area contributed by atoms with Crippen LogP contribution in [0.5, 0.6) is 0 Å². The summed E-state index contributed by atoms with van der Waals surface area (Å²) >= 11 is 0. The molecule has 9 heteroatoms. The average Bonchev–Trinajstić information content (AvgIpc) is 2.98. The van der Waals surface area contributed by atoms with Crippen LogP contribution in [0.25, 0.3) is 0 Å². The van der Waals surface area contributed by atoms with Crippen molar-refractivity contribution in [3.05, 3.63) is 24.2 Å². The maximum atomic E-state index is 11.8. The highest BCUT2D eigenvalue weighted by Crippen LogP contribution is 2.00. The number of furan rings is 1. The minimum absolute atomic E-state index is 0.0250. The van der Waals surface area contributed by atoms with Crippen molar-refractivity contribution in [3.8, 4) is 0 Å². The first-order valence-electron chi connectivity index (χ1n) is 7.72. The third kappa shape index (κ3) is 8.00. The Hall–Kier alpha value is -2.84. The molecule has 0 aliphatic rings. The van der Waals surface area contributed by atoms with Crippen LogP contribution in [0.3, 0.4) is 0 Å². The Morgan fingerprint density at radius 3 is 2.48 bits per heavy atom. The number of carbonyl (C=O) groups is 4. The third-order valence-electron chi connectivity index (χ3n) is 2.76. The number of hydrogen-bond donors (Lipinski definition) is 3. The zero-order chi connectivity index (χ0) is 19.0. The van der Waals surface area contributed by atoms with E-state index >= 15 is 0 Å². The molecule has 0 fully saturated rings. The van der Waals surface area contributed by atoms with E-state index < -0.39 is 35.5 Å². The Bertz CT molecular complexity index is 618. The van der Waals surface area contributed by atoms with E-state index in [0.717, 1.165) is 0 Å². The van der Waals surface area contributed by atoms with E-state index in [4.69, 9.17) is 9.15 Å². The van der Waals surface area contributed by atoms with E-state index in [0.29, 0.717) is 0 Å². The van der Waals surface area contributed by atoms with Crippen LogP contribution in [-0.2, 0) is 14.3 Å². The second-order valence-corrected chi connectivity index (χ2v) is 6.31. The molecule has 0 radical (unpaired) electrons. The van der Waals surface area contributed by atoms with E-state index in [1.807, 2.05) is 0 Å². The largest absolute Gasteiger partial charge is 0.459 e. The van der Waals surface area contributed by atoms with Gasteiger partial charge in [0.25, 0.3) is 11.8 Å². The lowest BCUT2D eigenvalue weighted by Crippen LogP contribution is -2.50. The van der Waals surface area contributed by atoms with Gasteiger partial charge in [0.05, 0.1) is 12.7 Å². The fourth-order valence-electron chi connectivity index (χ4n) is 1.67. The van der Waals surface area contributed by atoms with E-state index in [1.54, 1.807) is 26.8 Å². The van der Waals surface area contributed by atoms with Crippen LogP contribution < -0.4 is 16.0 Å². The first kappa shape index (κ1) is 20.2. The van der Waals surface area contributed by atoms with Crippen LogP contribution in [0.15, 0.2) is 22.8 Å². The van der Waals surface area contributed by atoms with Crippen molar-refractivity contribution in [3.63, 3.8) is 0 Å². The SMILES string of the molecule is CC(OC(=O)CCNC(=O)c1ccco1)C(=O)NC(=O)NC(C)(C)C. The molecule has 0 bridgehead atoms. The van der Waals surface area contributed by atoms with Gasteiger partial charge < -0.3 is 19.8 Å². The van der Waals surface area contributed by atoms with E-state index in [2.05, 4.69) is 16.0 Å². The summed E-state index contributed by atoms with van der Waals surface area (Å²) in [6.45, 7) is 6.66. The molecule has 1 aromatic heterocycles. The smallest absolute Gasteiger partial charge is 0.321 e. The number of imide groups is 1. The van der Waals surface area contributed by atoms with Gasteiger partial charge in [0.15, 0.2) is 11.9 Å². The number of ether oxygens (including phenoxy) is 1. The van der Waals surface area contributed by atoms with Gasteiger partial charge in [0, 0.05) is 12.1 Å². The highest BCUT2D eigenvalue weighted by molar-refractivity contribution is 5.97. The zero-order valence-electron chi connectivity index (χ0n) is 14.7. The minimum Gasteiger partial charge on any atom is -0.459 e. The molecule has 0 saturated carbocycles. The number of amides is 4. The molecule has 3 N–H and O–H groups in total. The predicted octanol–water partition coefficient (Wildman–Crippen LogP) is 0.956. The number of hydrogen-bond acceptors (Lipinski definition) is 6. The highest BCUT2D eigenvalue weighted by atomic mass is 16.5. The van der Waals surface area contributed by atoms with Gasteiger partial charge in [-0.15, -0.1) is 0 Å². The molecule has 0 spiro atoms. The standard InChI is InChI=1S/C16H23N3O6/c1-10(13(21)18-15(23)19-16(2,3)4)25-12(20)7-8-17-14(22)11-6-5-9-24-11/h5-6,9-10H,7-8H2,1-4H3,(H,17,22)(H2,18,19,21,23). The maximum absolute atomic E-state index is 11.8. The molecule has 1 atom stereocenters. The summed E-state index contributed by atoms with van der Waals surface area (Å²) in [5, 5.41) is 7.11. The highest BCUT2D eigenvalue weighted by Gasteiger charge is 2.22. The summed E-state index contributed by atoms with van der Waals surface area (Å²) in [6.07, 6.45) is 0.0938. The number of nitrogens with one attached hydrogen (secondary N) is 3. The molecule has 1 aromatic rings. The molecule has 1 heterocycles. The molecular weight excluding hydrogens is 330 g/mol. The van der Waals surface area contributed by atoms with Gasteiger partial charge in [-0.3, -0.25) is 19.7 Å². The van der Waals surface area contributed by atoms with Gasteiger partial charge in [0.2, 0.25) is 0 Å². The van der Waals surface area contributed by atoms with Crippen LogP contribution >= 0.6 is 0 Å². The van der Waals surface area contributed by atoms with E-state index in [1.165, 1.54) is 19.3 Å². The summed E-state index contributed by atoms with van der Waals surface area (Å²) in [7, 11) is 0. The molecule has 9 nitrogen and oxygen atoms in total. The Morgan fingerprint density at radius 1 is 1.24 bits per heavy atom. The van der Waals surface area contributed by atoms with Gasteiger partial charge in [-0.25, -0.2) is 4.79 Å². The van der Waals surface area contributed by atoms with Crippen LogP contribution in [0.1, 0.15) is 44.7 Å². The van der Waals surface area contributed by atoms with Gasteiger partial charge in [0.1, 0.15) is 0 Å². The van der Waals surface area contributed by atoms with Crippen molar-refractivity contribution < 1.29 is 28.3 Å². The summed E-state index contributed by atoms with van der Waals surface area (Å²) in [4.78, 5) is 46.6. The summed E-state index contributed by atoms with van der Waals surface area (Å²) in [5.41, 5.74) is -0.503. The average molecular weight is 353 g/mol. The minimum atomic E-state index is -1.14. The van der Waals surface area contributed by atoms with E-state index in [-0.39, 0.29) is 18.7 Å². The van der Waals surface area contributed by atoms with Crippen molar-refractivity contribution in [2.75, 3.05) is 6.54 Å².